The third kappa shape index (κ3) is 9.26. The number of aliphatic carboxylic acids is 1. The number of nitrogens with one attached hydrogen (secondary N) is 5. The van der Waals surface area contributed by atoms with Crippen LogP contribution in [0.3, 0.4) is 0 Å². The van der Waals surface area contributed by atoms with Crippen LogP contribution in [0, 0.1) is 5.92 Å². The van der Waals surface area contributed by atoms with E-state index in [4.69, 9.17) is 5.11 Å². The molecule has 0 spiro atoms. The molecule has 1 aliphatic rings. The van der Waals surface area contributed by atoms with Crippen LogP contribution in [0.1, 0.15) is 43.2 Å². The number of amides is 4. The van der Waals surface area contributed by atoms with Crippen molar-refractivity contribution >= 4 is 51.8 Å². The zero-order valence-electron chi connectivity index (χ0n) is 23.4. The molecule has 0 radical (unpaired) electrons. The minimum atomic E-state index is -1.26. The van der Waals surface area contributed by atoms with Gasteiger partial charge in [-0.15, -0.1) is 11.3 Å². The number of thiazole rings is 1. The van der Waals surface area contributed by atoms with E-state index in [1.807, 2.05) is 0 Å². The maximum absolute atomic E-state index is 13.0. The summed E-state index contributed by atoms with van der Waals surface area (Å²) < 4.78 is 0. The monoisotopic (exact) mass is 602 g/mol. The highest BCUT2D eigenvalue weighted by atomic mass is 32.1. The van der Waals surface area contributed by atoms with E-state index in [1.165, 1.54) is 38.2 Å². The molecule has 2 aromatic rings. The standard InChI is InChI=1S/C27H34N6O8S/c1-13-6-21(35)14(2)32-25(40)15(3)31-22(36)11-30-27-29-10-18(42-27)9-17-7-16(4-5-20(17)34)8-19(33-24(13)39)26(41)28-12-23(37)38/h4-5,7,10,13-15,19,34H,6,8-9,11-12H2,1-3H3,(H,28,41)(H,29,30)(H,31,36)(H,32,40)(H,33,39)(H,37,38)/t13-,14+,15+,19+/m1/s1. The van der Waals surface area contributed by atoms with E-state index < -0.39 is 66.0 Å². The summed E-state index contributed by atoms with van der Waals surface area (Å²) in [6.07, 6.45) is 1.59. The van der Waals surface area contributed by atoms with E-state index in [2.05, 4.69) is 31.6 Å². The van der Waals surface area contributed by atoms with Crippen molar-refractivity contribution in [2.75, 3.05) is 18.4 Å². The van der Waals surface area contributed by atoms with Crippen molar-refractivity contribution in [3.05, 3.63) is 40.4 Å². The summed E-state index contributed by atoms with van der Waals surface area (Å²) in [5.41, 5.74) is 1.10. The fourth-order valence-corrected chi connectivity index (χ4v) is 4.95. The van der Waals surface area contributed by atoms with Crippen molar-refractivity contribution in [3.63, 3.8) is 0 Å². The van der Waals surface area contributed by atoms with Crippen LogP contribution in [-0.4, -0.2) is 81.8 Å². The summed E-state index contributed by atoms with van der Waals surface area (Å²) in [5, 5.41) is 32.7. The number of phenols is 1. The summed E-state index contributed by atoms with van der Waals surface area (Å²) in [6.45, 7) is 3.61. The lowest BCUT2D eigenvalue weighted by molar-refractivity contribution is -0.138. The Hall–Kier alpha value is -4.53. The zero-order valence-corrected chi connectivity index (χ0v) is 24.2. The molecule has 7 N–H and O–H groups in total. The summed E-state index contributed by atoms with van der Waals surface area (Å²) in [4.78, 5) is 79.6. The molecule has 0 unspecified atom stereocenters. The Morgan fingerprint density at radius 1 is 1.02 bits per heavy atom. The van der Waals surface area contributed by atoms with Crippen molar-refractivity contribution in [2.45, 2.75) is 58.2 Å². The van der Waals surface area contributed by atoms with Crippen LogP contribution in [-0.2, 0) is 41.6 Å². The second-order valence-electron chi connectivity index (χ2n) is 10.1. The molecule has 2 heterocycles. The Bertz CT molecular complexity index is 1360. The van der Waals surface area contributed by atoms with Crippen molar-refractivity contribution in [1.29, 1.82) is 0 Å². The Morgan fingerprint density at radius 2 is 1.76 bits per heavy atom. The van der Waals surface area contributed by atoms with Crippen molar-refractivity contribution in [1.82, 2.24) is 26.3 Å². The number of aromatic hydroxyl groups is 1. The molecule has 4 atom stereocenters. The van der Waals surface area contributed by atoms with E-state index in [0.717, 1.165) is 4.88 Å². The van der Waals surface area contributed by atoms with Crippen molar-refractivity contribution in [2.24, 2.45) is 5.92 Å². The maximum Gasteiger partial charge on any atom is 0.322 e. The summed E-state index contributed by atoms with van der Waals surface area (Å²) in [6, 6.07) is 1.63. The van der Waals surface area contributed by atoms with E-state index >= 15 is 0 Å². The Morgan fingerprint density at radius 3 is 2.48 bits per heavy atom. The molecule has 0 saturated carbocycles. The molecule has 4 amide bonds. The van der Waals surface area contributed by atoms with Gasteiger partial charge in [0.1, 0.15) is 24.4 Å². The number of rotatable bonds is 3. The average molecular weight is 603 g/mol. The minimum Gasteiger partial charge on any atom is -0.508 e. The SMILES string of the molecule is C[C@@H]1CC(=O)[C@H](C)NC(=O)[C@H](C)NC(=O)CNc2ncc(s2)Cc2cc(ccc2O)C[C@@H](C(=O)NCC(=O)O)NC1=O. The van der Waals surface area contributed by atoms with Gasteiger partial charge >= 0.3 is 5.97 Å². The third-order valence-electron chi connectivity index (χ3n) is 6.52. The van der Waals surface area contributed by atoms with Crippen LogP contribution in [0.5, 0.6) is 5.75 Å². The second-order valence-corrected chi connectivity index (χ2v) is 11.2. The van der Waals surface area contributed by atoms with Crippen molar-refractivity contribution in [3.8, 4) is 5.75 Å². The van der Waals surface area contributed by atoms with Gasteiger partial charge in [0.25, 0.3) is 0 Å². The molecule has 1 aromatic carbocycles. The summed E-state index contributed by atoms with van der Waals surface area (Å²) in [5.74, 6) is -5.00. The zero-order chi connectivity index (χ0) is 31.0. The van der Waals surface area contributed by atoms with Gasteiger partial charge in [-0.05, 0) is 31.0 Å². The van der Waals surface area contributed by atoms with Crippen LogP contribution < -0.4 is 26.6 Å². The number of carbonyl (C=O) groups excluding carboxylic acids is 5. The third-order valence-corrected chi connectivity index (χ3v) is 7.47. The topological polar surface area (TPSA) is 216 Å². The number of fused-ring (bicyclic) bond motifs is 4. The number of phenolic OH excluding ortho intramolecular Hbond substituents is 1. The van der Waals surface area contributed by atoms with Crippen LogP contribution in [0.2, 0.25) is 0 Å². The highest BCUT2D eigenvalue weighted by Gasteiger charge is 2.28. The summed E-state index contributed by atoms with van der Waals surface area (Å²) in [7, 11) is 0. The van der Waals surface area contributed by atoms with Gasteiger partial charge < -0.3 is 36.8 Å². The number of benzene rings is 1. The first-order valence-electron chi connectivity index (χ1n) is 13.2. The molecule has 226 valence electrons. The predicted molar refractivity (Wildman–Crippen MR) is 152 cm³/mol. The molecule has 0 saturated heterocycles. The number of aromatic nitrogens is 1. The van der Waals surface area contributed by atoms with E-state index in [1.54, 1.807) is 18.3 Å². The van der Waals surface area contributed by atoms with Crippen LogP contribution in [0.4, 0.5) is 5.13 Å². The first-order valence-corrected chi connectivity index (χ1v) is 14.1. The fraction of sp³-hybridized carbons (Fsp3) is 0.444. The number of ketones is 1. The molecule has 42 heavy (non-hydrogen) atoms. The van der Waals surface area contributed by atoms with Gasteiger partial charge in [0, 0.05) is 36.3 Å². The number of carbonyl (C=O) groups is 6. The number of nitrogens with zero attached hydrogens (tertiary/aromatic N) is 1. The molecule has 4 bridgehead atoms. The van der Waals surface area contributed by atoms with E-state index in [-0.39, 0.29) is 31.6 Å². The first-order chi connectivity index (χ1) is 19.8. The van der Waals surface area contributed by atoms with Gasteiger partial charge in [0.15, 0.2) is 10.9 Å². The lowest BCUT2D eigenvalue weighted by Crippen LogP contribution is -2.51. The maximum atomic E-state index is 13.0. The lowest BCUT2D eigenvalue weighted by atomic mass is 9.97. The molecule has 15 heteroatoms. The van der Waals surface area contributed by atoms with Crippen LogP contribution >= 0.6 is 11.3 Å². The molecule has 3 rings (SSSR count). The number of carboxylic acids is 1. The Kier molecular flexibility index (Phi) is 11.0. The van der Waals surface area contributed by atoms with Gasteiger partial charge in [0.2, 0.25) is 23.6 Å². The highest BCUT2D eigenvalue weighted by molar-refractivity contribution is 7.15. The van der Waals surface area contributed by atoms with Gasteiger partial charge in [-0.2, -0.15) is 0 Å². The smallest absolute Gasteiger partial charge is 0.322 e. The number of anilines is 1. The van der Waals surface area contributed by atoms with Crippen LogP contribution in [0.15, 0.2) is 24.4 Å². The number of hydrogen-bond donors (Lipinski definition) is 7. The minimum absolute atomic E-state index is 0.0000679. The van der Waals surface area contributed by atoms with E-state index in [0.29, 0.717) is 16.3 Å². The molecular weight excluding hydrogens is 568 g/mol. The molecular formula is C27H34N6O8S. The Balaban J connectivity index is 1.91. The number of carboxylic acid groups (broad SMARTS) is 1. The van der Waals surface area contributed by atoms with Gasteiger partial charge in [0.05, 0.1) is 12.6 Å². The van der Waals surface area contributed by atoms with Gasteiger partial charge in [-0.25, -0.2) is 4.98 Å². The second kappa shape index (κ2) is 14.4. The predicted octanol–water partition coefficient (Wildman–Crippen LogP) is -0.302. The molecule has 0 aliphatic carbocycles. The molecule has 1 aliphatic heterocycles. The normalized spacial score (nSPS) is 22.7. The average Bonchev–Trinajstić information content (AvgIpc) is 3.38. The van der Waals surface area contributed by atoms with Crippen LogP contribution in [0.25, 0.3) is 0 Å². The van der Waals surface area contributed by atoms with Gasteiger partial charge in [-0.3, -0.25) is 28.8 Å². The largest absolute Gasteiger partial charge is 0.508 e. The van der Waals surface area contributed by atoms with Gasteiger partial charge in [-0.1, -0.05) is 19.1 Å². The fourth-order valence-electron chi connectivity index (χ4n) is 4.12. The molecule has 0 fully saturated rings. The summed E-state index contributed by atoms with van der Waals surface area (Å²) >= 11 is 1.26. The van der Waals surface area contributed by atoms with Crippen molar-refractivity contribution < 1.29 is 39.0 Å². The number of hydrogen-bond acceptors (Lipinski definition) is 10. The van der Waals surface area contributed by atoms with E-state index in [9.17, 15) is 33.9 Å². The lowest BCUT2D eigenvalue weighted by Gasteiger charge is -2.22. The number of Topliss-reactive ketones (excluding diaryl/α,β-unsaturated/α-hetero) is 1. The highest BCUT2D eigenvalue weighted by Crippen LogP contribution is 2.27. The molecule has 1 aromatic heterocycles. The quantitative estimate of drug-likeness (QED) is 0.243. The Labute approximate surface area is 245 Å². The molecule has 14 nitrogen and oxygen atoms in total. The first kappa shape index (κ1) is 32.0.